The first-order valence-corrected chi connectivity index (χ1v) is 9.99. The molecular weight excluding hydrogens is 412 g/mol. The van der Waals surface area contributed by atoms with Gasteiger partial charge in [0.1, 0.15) is 6.54 Å². The molecule has 0 fully saturated rings. The van der Waals surface area contributed by atoms with Crippen LogP contribution in [0.15, 0.2) is 35.6 Å². The minimum Gasteiger partial charge on any atom is -0.465 e. The predicted octanol–water partition coefficient (Wildman–Crippen LogP) is 0.655. The maximum absolute atomic E-state index is 12.2. The van der Waals surface area contributed by atoms with Crippen LogP contribution in [0.3, 0.4) is 0 Å². The number of benzene rings is 1. The Kier molecular flexibility index (Phi) is 9.32. The summed E-state index contributed by atoms with van der Waals surface area (Å²) in [5.41, 5.74) is 1.38. The molecule has 11 heteroatoms. The van der Waals surface area contributed by atoms with Crippen molar-refractivity contribution in [2.45, 2.75) is 18.3 Å². The molecule has 0 radical (unpaired) electrons. The first kappa shape index (κ1) is 23.4. The van der Waals surface area contributed by atoms with E-state index in [1.807, 2.05) is 0 Å². The van der Waals surface area contributed by atoms with Crippen LogP contribution in [0, 0.1) is 0 Å². The van der Waals surface area contributed by atoms with Crippen molar-refractivity contribution in [2.75, 3.05) is 38.4 Å². The normalized spacial score (nSPS) is 10.5. The molecule has 0 unspecified atom stereocenters. The number of thioether (sulfide) groups is 1. The largest absolute Gasteiger partial charge is 0.465 e. The van der Waals surface area contributed by atoms with Gasteiger partial charge in [0, 0.05) is 19.3 Å². The van der Waals surface area contributed by atoms with Crippen LogP contribution in [0.1, 0.15) is 16.1 Å². The molecule has 162 valence electrons. The summed E-state index contributed by atoms with van der Waals surface area (Å²) in [5.74, 6) is -0.945. The highest BCUT2D eigenvalue weighted by molar-refractivity contribution is 7.99. The lowest BCUT2D eigenvalue weighted by atomic mass is 10.2. The maximum Gasteiger partial charge on any atom is 0.337 e. The van der Waals surface area contributed by atoms with Crippen LogP contribution in [-0.2, 0) is 32.2 Å². The Hall–Kier alpha value is -2.89. The molecule has 0 saturated carbocycles. The lowest BCUT2D eigenvalue weighted by Gasteiger charge is -2.11. The van der Waals surface area contributed by atoms with Gasteiger partial charge >= 0.3 is 5.97 Å². The van der Waals surface area contributed by atoms with Crippen LogP contribution in [0.2, 0.25) is 0 Å². The fourth-order valence-corrected chi connectivity index (χ4v) is 3.23. The second kappa shape index (κ2) is 12.0. The van der Waals surface area contributed by atoms with Gasteiger partial charge in [0.15, 0.2) is 5.16 Å². The molecule has 0 atom stereocenters. The number of methoxy groups -OCH3 is 2. The Morgan fingerprint density at radius 2 is 1.90 bits per heavy atom. The highest BCUT2D eigenvalue weighted by atomic mass is 32.2. The van der Waals surface area contributed by atoms with Crippen LogP contribution < -0.4 is 10.6 Å². The fraction of sp³-hybridized carbons (Fsp3) is 0.368. The molecule has 3 N–H and O–H groups in total. The van der Waals surface area contributed by atoms with Crippen molar-refractivity contribution < 1.29 is 29.0 Å². The molecule has 0 spiro atoms. The Morgan fingerprint density at radius 3 is 2.53 bits per heavy atom. The second-order valence-electron chi connectivity index (χ2n) is 6.02. The van der Waals surface area contributed by atoms with Gasteiger partial charge in [-0.15, -0.1) is 0 Å². The van der Waals surface area contributed by atoms with Crippen molar-refractivity contribution in [2.24, 2.45) is 0 Å². The number of hydrogen-bond acceptors (Lipinski definition) is 8. The van der Waals surface area contributed by atoms with Crippen LogP contribution in [0.25, 0.3) is 0 Å². The van der Waals surface area contributed by atoms with E-state index < -0.39 is 5.97 Å². The molecule has 2 rings (SSSR count). The number of carbonyl (C=O) groups excluding carboxylic acids is 3. The van der Waals surface area contributed by atoms with Gasteiger partial charge < -0.3 is 29.8 Å². The van der Waals surface area contributed by atoms with E-state index in [9.17, 15) is 19.5 Å². The van der Waals surface area contributed by atoms with E-state index in [1.54, 1.807) is 35.9 Å². The van der Waals surface area contributed by atoms with Gasteiger partial charge in [0.2, 0.25) is 11.8 Å². The molecule has 1 aromatic carbocycles. The fourth-order valence-electron chi connectivity index (χ4n) is 2.43. The van der Waals surface area contributed by atoms with E-state index in [2.05, 4.69) is 20.4 Å². The Labute approximate surface area is 178 Å². The molecule has 0 aliphatic rings. The molecule has 2 amide bonds. The van der Waals surface area contributed by atoms with Crippen molar-refractivity contribution >= 4 is 35.2 Å². The van der Waals surface area contributed by atoms with E-state index in [0.29, 0.717) is 35.3 Å². The highest BCUT2D eigenvalue weighted by Gasteiger charge is 2.15. The molecule has 0 saturated heterocycles. The molecule has 1 heterocycles. The molecular formula is C19H24N4O6S. The van der Waals surface area contributed by atoms with Crippen molar-refractivity contribution in [3.8, 4) is 0 Å². The molecule has 0 bridgehead atoms. The Balaban J connectivity index is 1.93. The number of esters is 1. The number of imidazole rings is 1. The molecule has 10 nitrogen and oxygen atoms in total. The number of aromatic nitrogens is 2. The van der Waals surface area contributed by atoms with Crippen LogP contribution in [-0.4, -0.2) is 65.6 Å². The van der Waals surface area contributed by atoms with Crippen LogP contribution in [0.5, 0.6) is 0 Å². The zero-order chi connectivity index (χ0) is 21.9. The van der Waals surface area contributed by atoms with Gasteiger partial charge in [-0.1, -0.05) is 11.8 Å². The van der Waals surface area contributed by atoms with Crippen LogP contribution >= 0.6 is 11.8 Å². The summed E-state index contributed by atoms with van der Waals surface area (Å²) in [5, 5.41) is 15.3. The maximum atomic E-state index is 12.2. The molecule has 0 aliphatic carbocycles. The average Bonchev–Trinajstić information content (AvgIpc) is 3.13. The molecule has 1 aromatic heterocycles. The molecule has 30 heavy (non-hydrogen) atoms. The number of anilines is 1. The summed E-state index contributed by atoms with van der Waals surface area (Å²) >= 11 is 1.14. The second-order valence-corrected chi connectivity index (χ2v) is 6.97. The average molecular weight is 436 g/mol. The number of aliphatic hydroxyl groups is 1. The smallest absolute Gasteiger partial charge is 0.337 e. The third-order valence-electron chi connectivity index (χ3n) is 3.92. The Morgan fingerprint density at radius 1 is 1.17 bits per heavy atom. The first-order valence-electron chi connectivity index (χ1n) is 9.00. The third kappa shape index (κ3) is 6.87. The zero-order valence-electron chi connectivity index (χ0n) is 16.7. The van der Waals surface area contributed by atoms with Gasteiger partial charge in [-0.25, -0.2) is 9.78 Å². The number of nitrogens with one attached hydrogen (secondary N) is 2. The lowest BCUT2D eigenvalue weighted by Crippen LogP contribution is -2.31. The molecule has 2 aromatic rings. The summed E-state index contributed by atoms with van der Waals surface area (Å²) in [6.07, 6.45) is 1.47. The number of aliphatic hydroxyl groups excluding tert-OH is 1. The summed E-state index contributed by atoms with van der Waals surface area (Å²) < 4.78 is 11.1. The Bertz CT molecular complexity index is 868. The topological polar surface area (TPSA) is 132 Å². The lowest BCUT2D eigenvalue weighted by molar-refractivity contribution is -0.122. The zero-order valence-corrected chi connectivity index (χ0v) is 17.5. The number of amides is 2. The highest BCUT2D eigenvalue weighted by Crippen LogP contribution is 2.19. The van der Waals surface area contributed by atoms with E-state index in [0.717, 1.165) is 11.8 Å². The standard InChI is InChI=1S/C19H24N4O6S/c1-28-8-7-20-16(25)10-23-15(11-24)9-21-19(23)30-12-17(26)22-14-5-3-13(4-6-14)18(27)29-2/h3-6,9,24H,7-8,10-12H2,1-2H3,(H,20,25)(H,22,26). The number of hydrogen-bond donors (Lipinski definition) is 3. The number of carbonyl (C=O) groups is 3. The minimum atomic E-state index is -0.457. The van der Waals surface area contributed by atoms with E-state index >= 15 is 0 Å². The van der Waals surface area contributed by atoms with Gasteiger partial charge in [-0.2, -0.15) is 0 Å². The predicted molar refractivity (Wildman–Crippen MR) is 110 cm³/mol. The van der Waals surface area contributed by atoms with Gasteiger partial charge in [-0.05, 0) is 24.3 Å². The summed E-state index contributed by atoms with van der Waals surface area (Å²) in [6, 6.07) is 6.31. The number of ether oxygens (including phenoxy) is 2. The van der Waals surface area contributed by atoms with E-state index in [4.69, 9.17) is 4.74 Å². The van der Waals surface area contributed by atoms with Crippen molar-refractivity contribution in [3.05, 3.63) is 41.7 Å². The summed E-state index contributed by atoms with van der Waals surface area (Å²) in [6.45, 7) is 0.458. The summed E-state index contributed by atoms with van der Waals surface area (Å²) in [7, 11) is 2.84. The number of rotatable bonds is 11. The third-order valence-corrected chi connectivity index (χ3v) is 4.91. The van der Waals surface area contributed by atoms with E-state index in [1.165, 1.54) is 13.3 Å². The van der Waals surface area contributed by atoms with Crippen molar-refractivity contribution in [3.63, 3.8) is 0 Å². The monoisotopic (exact) mass is 436 g/mol. The van der Waals surface area contributed by atoms with Crippen LogP contribution in [0.4, 0.5) is 5.69 Å². The van der Waals surface area contributed by atoms with Gasteiger partial charge in [0.25, 0.3) is 0 Å². The molecule has 0 aliphatic heterocycles. The van der Waals surface area contributed by atoms with Crippen molar-refractivity contribution in [1.82, 2.24) is 14.9 Å². The van der Waals surface area contributed by atoms with E-state index in [-0.39, 0.29) is 30.7 Å². The first-order chi connectivity index (χ1) is 14.5. The quantitative estimate of drug-likeness (QED) is 0.266. The number of nitrogens with zero attached hydrogens (tertiary/aromatic N) is 2. The summed E-state index contributed by atoms with van der Waals surface area (Å²) in [4.78, 5) is 39.9. The van der Waals surface area contributed by atoms with Crippen molar-refractivity contribution in [1.29, 1.82) is 0 Å². The SMILES string of the molecule is COCCNC(=O)Cn1c(CO)cnc1SCC(=O)Nc1ccc(C(=O)OC)cc1. The van der Waals surface area contributed by atoms with Gasteiger partial charge in [-0.3, -0.25) is 9.59 Å². The minimum absolute atomic E-state index is 0.0292. The van der Waals surface area contributed by atoms with Gasteiger partial charge in [0.05, 0.1) is 43.5 Å².